The smallest absolute Gasteiger partial charge is 0.0622 e. The van der Waals surface area contributed by atoms with Crippen molar-refractivity contribution in [1.82, 2.24) is 0 Å². The SMILES string of the molecule is c1ccc(-c2cc(-c3ccccc3)cc(-c3cccc(-c4c5ccccc5c(-c5ccc6c(c5)C(c5ccccc5)(c5ccccc5)c5ccccc5-6)c5ccccc45)c3)c2)cc1. The van der Waals surface area contributed by atoms with E-state index in [1.54, 1.807) is 0 Å². The monoisotopic (exact) mass is 798 g/mol. The molecule has 294 valence electrons. The van der Waals surface area contributed by atoms with E-state index in [9.17, 15) is 0 Å². The lowest BCUT2D eigenvalue weighted by molar-refractivity contribution is 0.769. The molecule has 1 aliphatic carbocycles. The van der Waals surface area contributed by atoms with Crippen molar-refractivity contribution >= 4 is 21.5 Å². The van der Waals surface area contributed by atoms with Crippen molar-refractivity contribution in [3.63, 3.8) is 0 Å². The van der Waals surface area contributed by atoms with Gasteiger partial charge in [0.05, 0.1) is 5.41 Å². The van der Waals surface area contributed by atoms with Gasteiger partial charge in [0.15, 0.2) is 0 Å². The maximum absolute atomic E-state index is 2.51. The third-order valence-electron chi connectivity index (χ3n) is 13.3. The van der Waals surface area contributed by atoms with Crippen LogP contribution in [0.4, 0.5) is 0 Å². The van der Waals surface area contributed by atoms with Gasteiger partial charge >= 0.3 is 0 Å². The van der Waals surface area contributed by atoms with Gasteiger partial charge in [-0.2, -0.15) is 0 Å². The van der Waals surface area contributed by atoms with E-state index < -0.39 is 5.41 Å². The van der Waals surface area contributed by atoms with Gasteiger partial charge in [0, 0.05) is 0 Å². The van der Waals surface area contributed by atoms with E-state index in [1.807, 2.05) is 0 Å². The van der Waals surface area contributed by atoms with Crippen LogP contribution < -0.4 is 0 Å². The molecular formula is C63H42. The first kappa shape index (κ1) is 36.8. The molecule has 0 bridgehead atoms. The first-order chi connectivity index (χ1) is 31.3. The molecule has 0 nitrogen and oxygen atoms in total. The standard InChI is InChI=1S/C63H42/c1-5-20-43(21-6-1)48-39-49(44-22-7-2-8-23-44)41-50(40-48)45-24-19-25-46(38-45)61-55-31-13-15-33-57(55)62(58-34-16-14-32-56(58)61)47-36-37-54-53-30-17-18-35-59(53)63(60(54)42-47,51-26-9-3-10-27-51)52-28-11-4-12-29-52/h1-42H. The van der Waals surface area contributed by atoms with Crippen LogP contribution in [0.1, 0.15) is 22.3 Å². The molecule has 0 spiro atoms. The Balaban J connectivity index is 1.07. The molecule has 11 aromatic carbocycles. The number of rotatable bonds is 7. The van der Waals surface area contributed by atoms with Crippen LogP contribution in [0.15, 0.2) is 255 Å². The van der Waals surface area contributed by atoms with Gasteiger partial charge in [-0.15, -0.1) is 0 Å². The van der Waals surface area contributed by atoms with Crippen molar-refractivity contribution in [2.45, 2.75) is 5.41 Å². The third-order valence-corrected chi connectivity index (χ3v) is 13.3. The third kappa shape index (κ3) is 5.98. The summed E-state index contributed by atoms with van der Waals surface area (Å²) in [5.74, 6) is 0. The van der Waals surface area contributed by atoms with E-state index in [1.165, 1.54) is 111 Å². The van der Waals surface area contributed by atoms with Gasteiger partial charge in [-0.3, -0.25) is 0 Å². The molecule has 0 N–H and O–H groups in total. The summed E-state index contributed by atoms with van der Waals surface area (Å²) in [6, 6.07) is 94.2. The average molecular weight is 799 g/mol. The summed E-state index contributed by atoms with van der Waals surface area (Å²) in [4.78, 5) is 0. The molecule has 1 aliphatic rings. The maximum atomic E-state index is 2.51. The summed E-state index contributed by atoms with van der Waals surface area (Å²) in [6.45, 7) is 0. The minimum absolute atomic E-state index is 0.478. The molecule has 0 atom stereocenters. The summed E-state index contributed by atoms with van der Waals surface area (Å²) in [7, 11) is 0. The minimum Gasteiger partial charge on any atom is -0.0622 e. The van der Waals surface area contributed by atoms with Crippen molar-refractivity contribution in [3.8, 4) is 66.8 Å². The lowest BCUT2D eigenvalue weighted by Crippen LogP contribution is -2.28. The topological polar surface area (TPSA) is 0 Å². The van der Waals surface area contributed by atoms with Gasteiger partial charge in [-0.05, 0) is 141 Å². The second-order valence-electron chi connectivity index (χ2n) is 16.7. The Labute approximate surface area is 369 Å². The van der Waals surface area contributed by atoms with Gasteiger partial charge in [0.2, 0.25) is 0 Å². The molecule has 0 aromatic heterocycles. The Morgan fingerprint density at radius 2 is 0.571 bits per heavy atom. The van der Waals surface area contributed by atoms with E-state index >= 15 is 0 Å². The maximum Gasteiger partial charge on any atom is 0.0713 e. The molecule has 0 saturated carbocycles. The van der Waals surface area contributed by atoms with Crippen LogP contribution in [0.25, 0.3) is 88.3 Å². The minimum atomic E-state index is -0.478. The van der Waals surface area contributed by atoms with Crippen LogP contribution in [-0.4, -0.2) is 0 Å². The highest BCUT2D eigenvalue weighted by atomic mass is 14.5. The second-order valence-corrected chi connectivity index (χ2v) is 16.7. The first-order valence-electron chi connectivity index (χ1n) is 21.9. The Morgan fingerprint density at radius 1 is 0.206 bits per heavy atom. The molecule has 63 heavy (non-hydrogen) atoms. The van der Waals surface area contributed by atoms with E-state index in [0.29, 0.717) is 0 Å². The zero-order chi connectivity index (χ0) is 41.7. The molecule has 0 saturated heterocycles. The molecular weight excluding hydrogens is 757 g/mol. The zero-order valence-corrected chi connectivity index (χ0v) is 34.7. The summed E-state index contributed by atoms with van der Waals surface area (Å²) < 4.78 is 0. The number of fused-ring (bicyclic) bond motifs is 5. The van der Waals surface area contributed by atoms with E-state index in [0.717, 1.165) is 0 Å². The number of benzene rings is 11. The Morgan fingerprint density at radius 3 is 1.10 bits per heavy atom. The fraction of sp³-hybridized carbons (Fsp3) is 0.0159. The van der Waals surface area contributed by atoms with Crippen LogP contribution in [-0.2, 0) is 5.41 Å². The van der Waals surface area contributed by atoms with Gasteiger partial charge in [0.1, 0.15) is 0 Å². The molecule has 12 rings (SSSR count). The molecule has 0 fully saturated rings. The Kier molecular flexibility index (Phi) is 8.83. The van der Waals surface area contributed by atoms with Crippen molar-refractivity contribution in [2.75, 3.05) is 0 Å². The molecule has 0 aliphatic heterocycles. The van der Waals surface area contributed by atoms with Gasteiger partial charge < -0.3 is 0 Å². The van der Waals surface area contributed by atoms with E-state index in [-0.39, 0.29) is 0 Å². The summed E-state index contributed by atoms with van der Waals surface area (Å²) in [5.41, 5.74) is 19.4. The Hall–Kier alpha value is -8.06. The van der Waals surface area contributed by atoms with Crippen LogP contribution >= 0.6 is 0 Å². The molecule has 0 heterocycles. The van der Waals surface area contributed by atoms with Crippen LogP contribution in [0.3, 0.4) is 0 Å². The molecule has 11 aromatic rings. The predicted octanol–water partition coefficient (Wildman–Crippen LogP) is 16.7. The van der Waals surface area contributed by atoms with Crippen LogP contribution in [0.2, 0.25) is 0 Å². The molecule has 0 radical (unpaired) electrons. The lowest BCUT2D eigenvalue weighted by atomic mass is 9.67. The van der Waals surface area contributed by atoms with Crippen LogP contribution in [0.5, 0.6) is 0 Å². The van der Waals surface area contributed by atoms with Crippen LogP contribution in [0, 0.1) is 0 Å². The van der Waals surface area contributed by atoms with Crippen molar-refractivity contribution in [1.29, 1.82) is 0 Å². The largest absolute Gasteiger partial charge is 0.0713 e. The normalized spacial score (nSPS) is 12.6. The van der Waals surface area contributed by atoms with E-state index in [4.69, 9.17) is 0 Å². The fourth-order valence-corrected chi connectivity index (χ4v) is 10.6. The van der Waals surface area contributed by atoms with E-state index in [2.05, 4.69) is 255 Å². The second kappa shape index (κ2) is 15.1. The summed E-state index contributed by atoms with van der Waals surface area (Å²) >= 11 is 0. The first-order valence-corrected chi connectivity index (χ1v) is 21.9. The molecule has 0 amide bonds. The van der Waals surface area contributed by atoms with Crippen molar-refractivity contribution in [3.05, 3.63) is 277 Å². The van der Waals surface area contributed by atoms with Gasteiger partial charge in [-0.25, -0.2) is 0 Å². The van der Waals surface area contributed by atoms with Crippen molar-refractivity contribution < 1.29 is 0 Å². The summed E-state index contributed by atoms with van der Waals surface area (Å²) in [5, 5.41) is 4.98. The highest BCUT2D eigenvalue weighted by Crippen LogP contribution is 2.57. The highest BCUT2D eigenvalue weighted by molar-refractivity contribution is 6.21. The lowest BCUT2D eigenvalue weighted by Gasteiger charge is -2.34. The van der Waals surface area contributed by atoms with Crippen molar-refractivity contribution in [2.24, 2.45) is 0 Å². The number of hydrogen-bond donors (Lipinski definition) is 0. The average Bonchev–Trinajstić information content (AvgIpc) is 3.67. The molecule has 0 unspecified atom stereocenters. The quantitative estimate of drug-likeness (QED) is 0.141. The fourth-order valence-electron chi connectivity index (χ4n) is 10.6. The zero-order valence-electron chi connectivity index (χ0n) is 34.7. The van der Waals surface area contributed by atoms with Gasteiger partial charge in [-0.1, -0.05) is 224 Å². The Bertz CT molecular complexity index is 3320. The van der Waals surface area contributed by atoms with Gasteiger partial charge in [0.25, 0.3) is 0 Å². The highest BCUT2D eigenvalue weighted by Gasteiger charge is 2.46. The predicted molar refractivity (Wildman–Crippen MR) is 266 cm³/mol. The number of hydrogen-bond acceptors (Lipinski definition) is 0. The molecule has 0 heteroatoms. The summed E-state index contributed by atoms with van der Waals surface area (Å²) in [6.07, 6.45) is 0.